The lowest BCUT2D eigenvalue weighted by Gasteiger charge is -2.13. The highest BCUT2D eigenvalue weighted by molar-refractivity contribution is 7.98. The van der Waals surface area contributed by atoms with Crippen LogP contribution in [0.5, 0.6) is 0 Å². The van der Waals surface area contributed by atoms with E-state index in [4.69, 9.17) is 33.2 Å². The molecule has 0 N–H and O–H groups in total. The molecule has 0 radical (unpaired) electrons. The van der Waals surface area contributed by atoms with E-state index in [0.717, 1.165) is 45.0 Å². The summed E-state index contributed by atoms with van der Waals surface area (Å²) >= 11 is 13.7. The molecule has 0 bridgehead atoms. The van der Waals surface area contributed by atoms with Crippen LogP contribution in [0.15, 0.2) is 53.6 Å². The second-order valence-electron chi connectivity index (χ2n) is 6.03. The van der Waals surface area contributed by atoms with Crippen LogP contribution in [0.4, 0.5) is 0 Å². The van der Waals surface area contributed by atoms with Gasteiger partial charge in [0.1, 0.15) is 10.9 Å². The van der Waals surface area contributed by atoms with Crippen LogP contribution in [0.25, 0.3) is 0 Å². The molecule has 0 saturated carbocycles. The molecule has 0 aliphatic carbocycles. The van der Waals surface area contributed by atoms with Crippen LogP contribution in [-0.4, -0.2) is 16.2 Å². The molecular weight excluding hydrogens is 383 g/mol. The molecule has 0 unspecified atom stereocenters. The Morgan fingerprint density at radius 3 is 1.85 bits per heavy atom. The van der Waals surface area contributed by atoms with Crippen molar-refractivity contribution in [3.05, 3.63) is 86.8 Å². The first-order valence-electron chi connectivity index (χ1n) is 8.50. The molecule has 2 nitrogen and oxygen atoms in total. The number of benzene rings is 2. The van der Waals surface area contributed by atoms with Gasteiger partial charge in [0.05, 0.1) is 5.69 Å². The Hall–Kier alpha value is -1.55. The van der Waals surface area contributed by atoms with Crippen molar-refractivity contribution in [2.75, 3.05) is 6.26 Å². The summed E-state index contributed by atoms with van der Waals surface area (Å²) in [7, 11) is 0. The maximum absolute atomic E-state index is 6.01. The molecule has 3 aromatic rings. The van der Waals surface area contributed by atoms with Crippen LogP contribution in [0.3, 0.4) is 0 Å². The standard InChI is InChI=1S/C21H20Cl2N2S/c1-3-18-19(12-14-4-8-16(22)9-5-14)24-20(25-21(18)26-2)13-15-6-10-17(23)11-7-15/h4-11H,3,12-13H2,1-2H3. The van der Waals surface area contributed by atoms with Crippen molar-refractivity contribution >= 4 is 35.0 Å². The molecule has 26 heavy (non-hydrogen) atoms. The molecule has 1 aromatic heterocycles. The molecule has 0 amide bonds. The first kappa shape index (κ1) is 19.2. The Bertz CT molecular complexity index is 878. The fourth-order valence-electron chi connectivity index (χ4n) is 2.89. The Kier molecular flexibility index (Phi) is 6.58. The Morgan fingerprint density at radius 2 is 1.35 bits per heavy atom. The van der Waals surface area contributed by atoms with Gasteiger partial charge in [-0.3, -0.25) is 0 Å². The van der Waals surface area contributed by atoms with Crippen LogP contribution in [0, 0.1) is 0 Å². The lowest BCUT2D eigenvalue weighted by Crippen LogP contribution is -2.08. The molecular formula is C21H20Cl2N2S. The quantitative estimate of drug-likeness (QED) is 0.359. The molecule has 0 aliphatic heterocycles. The molecule has 2 aromatic carbocycles. The topological polar surface area (TPSA) is 25.8 Å². The highest BCUT2D eigenvalue weighted by atomic mass is 35.5. The second-order valence-corrected chi connectivity index (χ2v) is 7.70. The number of hydrogen-bond acceptors (Lipinski definition) is 3. The fourth-order valence-corrected chi connectivity index (χ4v) is 3.84. The SMILES string of the molecule is CCc1c(Cc2ccc(Cl)cc2)nc(Cc2ccc(Cl)cc2)nc1SC. The van der Waals surface area contributed by atoms with Crippen molar-refractivity contribution in [1.82, 2.24) is 9.97 Å². The number of halogens is 2. The number of nitrogens with zero attached hydrogens (tertiary/aromatic N) is 2. The fraction of sp³-hybridized carbons (Fsp3) is 0.238. The van der Waals surface area contributed by atoms with Crippen molar-refractivity contribution in [2.24, 2.45) is 0 Å². The van der Waals surface area contributed by atoms with E-state index in [1.165, 1.54) is 11.1 Å². The predicted octanol–water partition coefficient (Wildman–Crippen LogP) is 6.25. The van der Waals surface area contributed by atoms with Crippen LogP contribution < -0.4 is 0 Å². The minimum Gasteiger partial charge on any atom is -0.237 e. The molecule has 5 heteroatoms. The van der Waals surface area contributed by atoms with Crippen molar-refractivity contribution in [2.45, 2.75) is 31.2 Å². The minimum atomic E-state index is 0.697. The molecule has 1 heterocycles. The van der Waals surface area contributed by atoms with Gasteiger partial charge < -0.3 is 0 Å². The van der Waals surface area contributed by atoms with E-state index in [1.807, 2.05) is 36.4 Å². The van der Waals surface area contributed by atoms with E-state index in [0.29, 0.717) is 6.42 Å². The zero-order valence-corrected chi connectivity index (χ0v) is 17.1. The van der Waals surface area contributed by atoms with E-state index >= 15 is 0 Å². The van der Waals surface area contributed by atoms with Crippen molar-refractivity contribution < 1.29 is 0 Å². The molecule has 134 valence electrons. The van der Waals surface area contributed by atoms with Gasteiger partial charge in [-0.1, -0.05) is 54.4 Å². The summed E-state index contributed by atoms with van der Waals surface area (Å²) in [4.78, 5) is 9.69. The Morgan fingerprint density at radius 1 is 0.808 bits per heavy atom. The molecule has 0 atom stereocenters. The van der Waals surface area contributed by atoms with Crippen molar-refractivity contribution in [1.29, 1.82) is 0 Å². The minimum absolute atomic E-state index is 0.697. The maximum Gasteiger partial charge on any atom is 0.134 e. The van der Waals surface area contributed by atoms with Gasteiger partial charge in [0.15, 0.2) is 0 Å². The molecule has 0 fully saturated rings. The lowest BCUT2D eigenvalue weighted by molar-refractivity contribution is 0.821. The highest BCUT2D eigenvalue weighted by Crippen LogP contribution is 2.25. The summed E-state index contributed by atoms with van der Waals surface area (Å²) in [6.45, 7) is 2.16. The molecule has 0 saturated heterocycles. The third-order valence-corrected chi connectivity index (χ3v) is 5.44. The average Bonchev–Trinajstić information content (AvgIpc) is 2.65. The second kappa shape index (κ2) is 8.90. The van der Waals surface area contributed by atoms with Crippen LogP contribution in [0.1, 0.15) is 35.1 Å². The van der Waals surface area contributed by atoms with E-state index in [-0.39, 0.29) is 0 Å². The monoisotopic (exact) mass is 402 g/mol. The molecule has 3 rings (SSSR count). The number of hydrogen-bond donors (Lipinski definition) is 0. The predicted molar refractivity (Wildman–Crippen MR) is 112 cm³/mol. The van der Waals surface area contributed by atoms with E-state index in [2.05, 4.69) is 25.3 Å². The third kappa shape index (κ3) is 4.79. The summed E-state index contributed by atoms with van der Waals surface area (Å²) in [5.74, 6) is 0.845. The summed E-state index contributed by atoms with van der Waals surface area (Å²) in [5.41, 5.74) is 4.68. The Balaban J connectivity index is 1.95. The van der Waals surface area contributed by atoms with Gasteiger partial charge in [-0.15, -0.1) is 11.8 Å². The van der Waals surface area contributed by atoms with Crippen LogP contribution in [-0.2, 0) is 19.3 Å². The molecule has 0 aliphatic rings. The zero-order valence-electron chi connectivity index (χ0n) is 14.8. The van der Waals surface area contributed by atoms with Gasteiger partial charge in [0, 0.05) is 28.5 Å². The summed E-state index contributed by atoms with van der Waals surface area (Å²) in [6.07, 6.45) is 4.46. The van der Waals surface area contributed by atoms with Gasteiger partial charge in [0.2, 0.25) is 0 Å². The van der Waals surface area contributed by atoms with Gasteiger partial charge in [-0.25, -0.2) is 9.97 Å². The van der Waals surface area contributed by atoms with E-state index < -0.39 is 0 Å². The first-order chi connectivity index (χ1) is 12.6. The normalized spacial score (nSPS) is 10.9. The van der Waals surface area contributed by atoms with Gasteiger partial charge in [-0.05, 0) is 48.1 Å². The van der Waals surface area contributed by atoms with Gasteiger partial charge >= 0.3 is 0 Å². The summed E-state index contributed by atoms with van der Waals surface area (Å²) in [5, 5.41) is 2.56. The third-order valence-electron chi connectivity index (χ3n) is 4.21. The van der Waals surface area contributed by atoms with E-state index in [1.54, 1.807) is 11.8 Å². The number of thioether (sulfide) groups is 1. The summed E-state index contributed by atoms with van der Waals surface area (Å²) in [6, 6.07) is 15.8. The molecule has 0 spiro atoms. The van der Waals surface area contributed by atoms with Gasteiger partial charge in [0.25, 0.3) is 0 Å². The van der Waals surface area contributed by atoms with E-state index in [9.17, 15) is 0 Å². The Labute approximate surface area is 169 Å². The highest BCUT2D eigenvalue weighted by Gasteiger charge is 2.14. The van der Waals surface area contributed by atoms with Crippen molar-refractivity contribution in [3.8, 4) is 0 Å². The largest absolute Gasteiger partial charge is 0.237 e. The van der Waals surface area contributed by atoms with Crippen LogP contribution in [0.2, 0.25) is 10.0 Å². The van der Waals surface area contributed by atoms with Gasteiger partial charge in [-0.2, -0.15) is 0 Å². The number of rotatable bonds is 6. The van der Waals surface area contributed by atoms with Crippen LogP contribution >= 0.6 is 35.0 Å². The van der Waals surface area contributed by atoms with Crippen molar-refractivity contribution in [3.63, 3.8) is 0 Å². The first-order valence-corrected chi connectivity index (χ1v) is 10.5. The lowest BCUT2D eigenvalue weighted by atomic mass is 10.0. The maximum atomic E-state index is 6.01. The summed E-state index contributed by atoms with van der Waals surface area (Å²) < 4.78 is 0. The smallest absolute Gasteiger partial charge is 0.134 e. The number of aromatic nitrogens is 2. The average molecular weight is 403 g/mol. The zero-order chi connectivity index (χ0) is 18.5.